The predicted octanol–water partition coefficient (Wildman–Crippen LogP) is 13.6. The van der Waals surface area contributed by atoms with Crippen molar-refractivity contribution in [2.45, 2.75) is 28.7 Å². The molecule has 2 aliphatic rings. The summed E-state index contributed by atoms with van der Waals surface area (Å²) in [7, 11) is 0. The Morgan fingerprint density at radius 3 is 1.96 bits per heavy atom. The first-order valence-electron chi connectivity index (χ1n) is 17.9. The van der Waals surface area contributed by atoms with Crippen LogP contribution >= 0.6 is 11.8 Å². The fourth-order valence-corrected chi connectivity index (χ4v) is 9.98. The van der Waals surface area contributed by atoms with Gasteiger partial charge in [-0.05, 0) is 84.6 Å². The highest BCUT2D eigenvalue weighted by Gasteiger charge is 2.28. The Labute approximate surface area is 301 Å². The molecule has 11 rings (SSSR count). The zero-order valence-corrected chi connectivity index (χ0v) is 28.8. The van der Waals surface area contributed by atoms with Gasteiger partial charge in [0.2, 0.25) is 0 Å². The molecule has 1 nitrogen and oxygen atoms in total. The van der Waals surface area contributed by atoms with Crippen molar-refractivity contribution in [2.24, 2.45) is 0 Å². The van der Waals surface area contributed by atoms with Gasteiger partial charge in [-0.15, -0.1) is 0 Å². The highest BCUT2D eigenvalue weighted by atomic mass is 32.2. The summed E-state index contributed by atoms with van der Waals surface area (Å²) >= 11 is 1.90. The molecule has 1 aromatic heterocycles. The van der Waals surface area contributed by atoms with Gasteiger partial charge in [-0.1, -0.05) is 163 Å². The van der Waals surface area contributed by atoms with Crippen molar-refractivity contribution in [3.05, 3.63) is 187 Å². The maximum Gasteiger partial charge on any atom is 0.0574 e. The van der Waals surface area contributed by atoms with Crippen molar-refractivity contribution in [1.82, 2.24) is 4.57 Å². The first-order chi connectivity index (χ1) is 25.3. The maximum atomic E-state index is 2.71. The van der Waals surface area contributed by atoms with Crippen molar-refractivity contribution < 1.29 is 0 Å². The van der Waals surface area contributed by atoms with Crippen molar-refractivity contribution in [3.8, 4) is 11.1 Å². The van der Waals surface area contributed by atoms with Gasteiger partial charge in [0.05, 0.1) is 11.6 Å². The van der Waals surface area contributed by atoms with Crippen LogP contribution in [-0.4, -0.2) is 4.57 Å². The van der Waals surface area contributed by atoms with Gasteiger partial charge in [-0.2, -0.15) is 0 Å². The summed E-state index contributed by atoms with van der Waals surface area (Å²) in [6.07, 6.45) is 9.11. The molecule has 1 aliphatic heterocycles. The van der Waals surface area contributed by atoms with E-state index in [0.717, 1.165) is 12.8 Å². The summed E-state index contributed by atoms with van der Waals surface area (Å²) in [6, 6.07) is 56.6. The lowest BCUT2D eigenvalue weighted by Gasteiger charge is -2.25. The van der Waals surface area contributed by atoms with Crippen LogP contribution < -0.4 is 0 Å². The molecule has 0 bridgehead atoms. The summed E-state index contributed by atoms with van der Waals surface area (Å²) in [4.78, 5) is 2.65. The largest absolute Gasteiger partial charge is 0.336 e. The quantitative estimate of drug-likeness (QED) is 0.166. The van der Waals surface area contributed by atoms with E-state index in [4.69, 9.17) is 0 Å². The molecule has 0 saturated heterocycles. The Morgan fingerprint density at radius 2 is 1.16 bits per heavy atom. The van der Waals surface area contributed by atoms with Crippen LogP contribution in [0.5, 0.6) is 0 Å². The van der Waals surface area contributed by atoms with Gasteiger partial charge in [-0.25, -0.2) is 0 Å². The number of fused-ring (bicyclic) bond motifs is 14. The topological polar surface area (TPSA) is 4.93 Å². The molecule has 0 amide bonds. The van der Waals surface area contributed by atoms with Crippen LogP contribution in [0.2, 0.25) is 0 Å². The van der Waals surface area contributed by atoms with Crippen LogP contribution in [0.25, 0.3) is 70.7 Å². The van der Waals surface area contributed by atoms with Crippen LogP contribution in [-0.2, 0) is 6.42 Å². The average Bonchev–Trinajstić information content (AvgIpc) is 3.51. The van der Waals surface area contributed by atoms with Crippen LogP contribution in [0.1, 0.15) is 29.3 Å². The van der Waals surface area contributed by atoms with Crippen LogP contribution in [0.4, 0.5) is 0 Å². The molecule has 0 fully saturated rings. The SMILES string of the molecule is C1=CC(c2ccc3c4ccccc4c4ccccc4c3c2)=CC(n2c3c(c4ccc5ccccc5c42)-c2ccccc2Sc2ccccc2C3)C1. The fourth-order valence-electron chi connectivity index (χ4n) is 8.90. The number of nitrogens with zero attached hydrogens (tertiary/aromatic N) is 1. The highest BCUT2D eigenvalue weighted by molar-refractivity contribution is 7.99. The normalized spacial score (nSPS) is 15.5. The molecule has 240 valence electrons. The van der Waals surface area contributed by atoms with Gasteiger partial charge < -0.3 is 4.57 Å². The zero-order chi connectivity index (χ0) is 33.5. The Bertz CT molecular complexity index is 2920. The van der Waals surface area contributed by atoms with E-state index in [0.29, 0.717) is 0 Å². The third-order valence-corrected chi connectivity index (χ3v) is 12.3. The standard InChI is InChI=1S/C49H33NS/c1-3-16-36-31(12-1)24-27-43-48-42-21-8-10-23-47(42)51-46-22-9-2-13-34(46)30-45(48)50(49(36)43)35-15-11-14-32(28-35)33-25-26-41-39-19-5-4-17-37(39)38-18-6-7-20-40(38)44(41)29-33/h1-14,16-29,35H,15,30H2. The molecule has 1 aliphatic carbocycles. The van der Waals surface area contributed by atoms with E-state index in [1.807, 2.05) is 11.8 Å². The Morgan fingerprint density at radius 1 is 0.529 bits per heavy atom. The van der Waals surface area contributed by atoms with E-state index in [1.54, 1.807) is 0 Å². The van der Waals surface area contributed by atoms with Gasteiger partial charge in [0.1, 0.15) is 0 Å². The minimum absolute atomic E-state index is 0.164. The van der Waals surface area contributed by atoms with Crippen LogP contribution in [0.15, 0.2) is 180 Å². The van der Waals surface area contributed by atoms with Gasteiger partial charge in [0.25, 0.3) is 0 Å². The number of hydrogen-bond acceptors (Lipinski definition) is 1. The summed E-state index contributed by atoms with van der Waals surface area (Å²) < 4.78 is 2.71. The Hall–Kier alpha value is -5.83. The van der Waals surface area contributed by atoms with E-state index < -0.39 is 0 Å². The summed E-state index contributed by atoms with van der Waals surface area (Å²) in [5.41, 5.74) is 9.37. The molecule has 1 atom stereocenters. The summed E-state index contributed by atoms with van der Waals surface area (Å²) in [5.74, 6) is 0. The second-order valence-electron chi connectivity index (χ2n) is 13.9. The smallest absolute Gasteiger partial charge is 0.0574 e. The van der Waals surface area contributed by atoms with Crippen LogP contribution in [0.3, 0.4) is 0 Å². The van der Waals surface area contributed by atoms with E-state index in [1.165, 1.54) is 97.3 Å². The highest BCUT2D eigenvalue weighted by Crippen LogP contribution is 2.49. The first-order valence-corrected chi connectivity index (χ1v) is 18.7. The van der Waals surface area contributed by atoms with Gasteiger partial charge in [-0.3, -0.25) is 0 Å². The summed E-state index contributed by atoms with van der Waals surface area (Å²) in [6.45, 7) is 0. The molecule has 8 aromatic carbocycles. The molecule has 0 radical (unpaired) electrons. The van der Waals surface area contributed by atoms with Crippen molar-refractivity contribution in [3.63, 3.8) is 0 Å². The van der Waals surface area contributed by atoms with Gasteiger partial charge in [0, 0.05) is 38.2 Å². The second-order valence-corrected chi connectivity index (χ2v) is 15.0. The summed E-state index contributed by atoms with van der Waals surface area (Å²) in [5, 5.41) is 11.8. The monoisotopic (exact) mass is 667 g/mol. The van der Waals surface area contributed by atoms with E-state index in [-0.39, 0.29) is 6.04 Å². The van der Waals surface area contributed by atoms with Crippen molar-refractivity contribution in [1.29, 1.82) is 0 Å². The number of aromatic nitrogens is 1. The lowest BCUT2D eigenvalue weighted by atomic mass is 9.90. The number of hydrogen-bond donors (Lipinski definition) is 0. The predicted molar refractivity (Wildman–Crippen MR) is 218 cm³/mol. The van der Waals surface area contributed by atoms with E-state index >= 15 is 0 Å². The maximum absolute atomic E-state index is 2.71. The zero-order valence-electron chi connectivity index (χ0n) is 28.0. The average molecular weight is 668 g/mol. The van der Waals surface area contributed by atoms with E-state index in [9.17, 15) is 0 Å². The van der Waals surface area contributed by atoms with Gasteiger partial charge in [0.15, 0.2) is 0 Å². The Balaban J connectivity index is 1.17. The number of benzene rings is 8. The minimum Gasteiger partial charge on any atom is -0.336 e. The first kappa shape index (κ1) is 29.0. The van der Waals surface area contributed by atoms with Crippen molar-refractivity contribution >= 4 is 71.3 Å². The minimum atomic E-state index is 0.164. The third kappa shape index (κ3) is 4.43. The molecule has 2 heteroatoms. The molecule has 1 unspecified atom stereocenters. The molecular weight excluding hydrogens is 635 g/mol. The molecule has 9 aromatic rings. The second kappa shape index (κ2) is 11.3. The molecule has 0 saturated carbocycles. The lowest BCUT2D eigenvalue weighted by molar-refractivity contribution is 0.610. The molecular formula is C49H33NS. The molecule has 0 N–H and O–H groups in total. The number of allylic oxidation sites excluding steroid dienone is 4. The van der Waals surface area contributed by atoms with E-state index in [2.05, 4.69) is 174 Å². The third-order valence-electron chi connectivity index (χ3n) is 11.2. The fraction of sp³-hybridized carbons (Fsp3) is 0.0612. The number of rotatable bonds is 2. The molecule has 2 heterocycles. The molecule has 0 spiro atoms. The van der Waals surface area contributed by atoms with Crippen LogP contribution in [0, 0.1) is 0 Å². The lowest BCUT2D eigenvalue weighted by Crippen LogP contribution is -2.13. The van der Waals surface area contributed by atoms with Crippen molar-refractivity contribution in [2.75, 3.05) is 0 Å². The molecule has 51 heavy (non-hydrogen) atoms. The Kier molecular flexibility index (Phi) is 6.44. The van der Waals surface area contributed by atoms with Gasteiger partial charge >= 0.3 is 0 Å².